The van der Waals surface area contributed by atoms with Crippen molar-refractivity contribution in [2.45, 2.75) is 32.4 Å². The number of methoxy groups -OCH3 is 3. The Bertz CT molecular complexity index is 612. The van der Waals surface area contributed by atoms with E-state index in [1.165, 1.54) is 0 Å². The molecule has 0 bridgehead atoms. The Morgan fingerprint density at radius 3 is 2.36 bits per heavy atom. The van der Waals surface area contributed by atoms with Crippen molar-refractivity contribution in [2.24, 2.45) is 0 Å². The molecule has 25 heavy (non-hydrogen) atoms. The smallest absolute Gasteiger partial charge is 0.410 e. The molecule has 1 aromatic rings. The van der Waals surface area contributed by atoms with Gasteiger partial charge in [-0.25, -0.2) is 4.79 Å². The summed E-state index contributed by atoms with van der Waals surface area (Å²) in [6, 6.07) is 3.49. The van der Waals surface area contributed by atoms with E-state index in [1.807, 2.05) is 32.9 Å². The summed E-state index contributed by atoms with van der Waals surface area (Å²) in [5.74, 6) is 1.65. The number of amides is 1. The summed E-state index contributed by atoms with van der Waals surface area (Å²) in [6.45, 7) is 7.45. The number of ether oxygens (including phenoxy) is 4. The Kier molecular flexibility index (Phi) is 6.00. The molecule has 1 heterocycles. The van der Waals surface area contributed by atoms with E-state index in [0.29, 0.717) is 36.9 Å². The number of piperazine rings is 1. The molecule has 1 amide bonds. The van der Waals surface area contributed by atoms with Gasteiger partial charge in [-0.05, 0) is 32.9 Å². The summed E-state index contributed by atoms with van der Waals surface area (Å²) < 4.78 is 21.9. The molecule has 2 rings (SSSR count). The van der Waals surface area contributed by atoms with Crippen molar-refractivity contribution in [1.82, 2.24) is 10.2 Å². The Balaban J connectivity index is 2.41. The molecule has 0 saturated carbocycles. The molecule has 1 aliphatic rings. The topological polar surface area (TPSA) is 69.3 Å². The Morgan fingerprint density at radius 1 is 1.12 bits per heavy atom. The average Bonchev–Trinajstić information content (AvgIpc) is 2.58. The third kappa shape index (κ3) is 4.28. The summed E-state index contributed by atoms with van der Waals surface area (Å²) in [5.41, 5.74) is 0.298. The molecule has 1 aliphatic heterocycles. The van der Waals surface area contributed by atoms with Crippen LogP contribution in [0.1, 0.15) is 32.4 Å². The second kappa shape index (κ2) is 7.82. The third-order valence-electron chi connectivity index (χ3n) is 3.97. The molecule has 0 aromatic heterocycles. The maximum Gasteiger partial charge on any atom is 0.410 e. The number of nitrogens with one attached hydrogen (secondary N) is 1. The molecular formula is C18H28N2O5. The highest BCUT2D eigenvalue weighted by atomic mass is 16.6. The van der Waals surface area contributed by atoms with Crippen LogP contribution in [-0.2, 0) is 4.74 Å². The monoisotopic (exact) mass is 352 g/mol. The van der Waals surface area contributed by atoms with Crippen molar-refractivity contribution >= 4 is 6.09 Å². The Labute approximate surface area is 149 Å². The van der Waals surface area contributed by atoms with Crippen LogP contribution in [0.5, 0.6) is 17.2 Å². The lowest BCUT2D eigenvalue weighted by molar-refractivity contribution is 0.0115. The van der Waals surface area contributed by atoms with E-state index < -0.39 is 5.60 Å². The summed E-state index contributed by atoms with van der Waals surface area (Å²) >= 11 is 0. The number of hydrogen-bond donors (Lipinski definition) is 1. The predicted molar refractivity (Wildman–Crippen MR) is 94.6 cm³/mol. The average molecular weight is 352 g/mol. The van der Waals surface area contributed by atoms with Gasteiger partial charge >= 0.3 is 6.09 Å². The van der Waals surface area contributed by atoms with Crippen molar-refractivity contribution in [3.63, 3.8) is 0 Å². The summed E-state index contributed by atoms with van der Waals surface area (Å²) in [6.07, 6.45) is -0.337. The first kappa shape index (κ1) is 19.2. The van der Waals surface area contributed by atoms with Crippen LogP contribution in [0.3, 0.4) is 0 Å². The number of rotatable bonds is 4. The van der Waals surface area contributed by atoms with Gasteiger partial charge in [-0.15, -0.1) is 0 Å². The molecule has 7 nitrogen and oxygen atoms in total. The maximum atomic E-state index is 12.7. The van der Waals surface area contributed by atoms with Crippen LogP contribution in [-0.4, -0.2) is 57.6 Å². The van der Waals surface area contributed by atoms with E-state index in [1.54, 1.807) is 26.2 Å². The normalized spacial score (nSPS) is 17.8. The summed E-state index contributed by atoms with van der Waals surface area (Å²) in [4.78, 5) is 14.4. The molecule has 1 fully saturated rings. The van der Waals surface area contributed by atoms with Gasteiger partial charge in [-0.2, -0.15) is 0 Å². The van der Waals surface area contributed by atoms with Crippen molar-refractivity contribution < 1.29 is 23.7 Å². The van der Waals surface area contributed by atoms with Gasteiger partial charge in [0.15, 0.2) is 11.5 Å². The van der Waals surface area contributed by atoms with Crippen molar-refractivity contribution in [3.8, 4) is 17.2 Å². The molecule has 7 heteroatoms. The summed E-state index contributed by atoms with van der Waals surface area (Å²) in [5, 5.41) is 3.32. The van der Waals surface area contributed by atoms with Crippen LogP contribution in [0.4, 0.5) is 4.79 Å². The van der Waals surface area contributed by atoms with Gasteiger partial charge in [-0.1, -0.05) is 0 Å². The lowest BCUT2D eigenvalue weighted by Crippen LogP contribution is -2.50. The zero-order chi connectivity index (χ0) is 18.6. The van der Waals surface area contributed by atoms with Crippen molar-refractivity contribution in [1.29, 1.82) is 0 Å². The van der Waals surface area contributed by atoms with Crippen molar-refractivity contribution in [3.05, 3.63) is 17.7 Å². The van der Waals surface area contributed by atoms with Crippen LogP contribution in [0.25, 0.3) is 0 Å². The minimum absolute atomic E-state index is 0.224. The predicted octanol–water partition coefficient (Wildman–Crippen LogP) is 2.59. The minimum atomic E-state index is -0.547. The summed E-state index contributed by atoms with van der Waals surface area (Å²) in [7, 11) is 4.72. The molecule has 1 atom stereocenters. The van der Waals surface area contributed by atoms with E-state index in [9.17, 15) is 4.79 Å². The third-order valence-corrected chi connectivity index (χ3v) is 3.97. The Hall–Kier alpha value is -2.15. The molecule has 0 radical (unpaired) electrons. The fourth-order valence-corrected chi connectivity index (χ4v) is 2.91. The highest BCUT2D eigenvalue weighted by molar-refractivity contribution is 5.70. The van der Waals surface area contributed by atoms with Gasteiger partial charge in [0.2, 0.25) is 5.75 Å². The first-order valence-electron chi connectivity index (χ1n) is 8.31. The first-order valence-corrected chi connectivity index (χ1v) is 8.31. The lowest BCUT2D eigenvalue weighted by atomic mass is 10.0. The number of hydrogen-bond acceptors (Lipinski definition) is 6. The number of carbonyl (C=O) groups is 1. The Morgan fingerprint density at radius 2 is 1.80 bits per heavy atom. The molecule has 0 spiro atoms. The standard InChI is InChI=1S/C18H28N2O5/c1-18(2,3)25-17(21)20-10-9-19-11-13(20)12-7-8-14(22-4)16(24-6)15(12)23-5/h7-8,13,19H,9-11H2,1-6H3/t13-/m0/s1. The van der Waals surface area contributed by atoms with Crippen LogP contribution in [0.15, 0.2) is 12.1 Å². The van der Waals surface area contributed by atoms with Gasteiger partial charge in [0.1, 0.15) is 5.60 Å². The lowest BCUT2D eigenvalue weighted by Gasteiger charge is -2.38. The number of benzene rings is 1. The molecule has 0 aliphatic carbocycles. The number of carbonyl (C=O) groups excluding carboxylic acids is 1. The molecular weight excluding hydrogens is 324 g/mol. The van der Waals surface area contributed by atoms with E-state index >= 15 is 0 Å². The van der Waals surface area contributed by atoms with Crippen LogP contribution in [0, 0.1) is 0 Å². The largest absolute Gasteiger partial charge is 0.493 e. The fraction of sp³-hybridized carbons (Fsp3) is 0.611. The molecule has 1 N–H and O–H groups in total. The zero-order valence-corrected chi connectivity index (χ0v) is 15.8. The molecule has 1 saturated heterocycles. The number of nitrogens with zero attached hydrogens (tertiary/aromatic N) is 1. The van der Waals surface area contributed by atoms with Gasteiger partial charge in [0, 0.05) is 25.2 Å². The SMILES string of the molecule is COc1ccc([C@@H]2CNCCN2C(=O)OC(C)(C)C)c(OC)c1OC. The van der Waals surface area contributed by atoms with Crippen LogP contribution in [0.2, 0.25) is 0 Å². The maximum absolute atomic E-state index is 12.7. The zero-order valence-electron chi connectivity index (χ0n) is 15.8. The van der Waals surface area contributed by atoms with E-state index in [2.05, 4.69) is 5.32 Å². The van der Waals surface area contributed by atoms with Gasteiger partial charge in [0.25, 0.3) is 0 Å². The quantitative estimate of drug-likeness (QED) is 0.898. The van der Waals surface area contributed by atoms with Crippen molar-refractivity contribution in [2.75, 3.05) is 41.0 Å². The van der Waals surface area contributed by atoms with E-state index in [0.717, 1.165) is 5.56 Å². The highest BCUT2D eigenvalue weighted by Gasteiger charge is 2.34. The van der Waals surface area contributed by atoms with Crippen LogP contribution >= 0.6 is 0 Å². The molecule has 1 aromatic carbocycles. The molecule has 0 unspecified atom stereocenters. The fourth-order valence-electron chi connectivity index (χ4n) is 2.91. The second-order valence-corrected chi connectivity index (χ2v) is 6.82. The van der Waals surface area contributed by atoms with Gasteiger partial charge < -0.3 is 24.3 Å². The van der Waals surface area contributed by atoms with E-state index in [-0.39, 0.29) is 12.1 Å². The second-order valence-electron chi connectivity index (χ2n) is 6.82. The highest BCUT2D eigenvalue weighted by Crippen LogP contribution is 2.43. The van der Waals surface area contributed by atoms with Gasteiger partial charge in [0.05, 0.1) is 27.4 Å². The van der Waals surface area contributed by atoms with Gasteiger partial charge in [-0.3, -0.25) is 4.90 Å². The first-order chi connectivity index (χ1) is 11.8. The minimum Gasteiger partial charge on any atom is -0.493 e. The molecule has 140 valence electrons. The van der Waals surface area contributed by atoms with Crippen LogP contribution < -0.4 is 19.5 Å². The van der Waals surface area contributed by atoms with E-state index in [4.69, 9.17) is 18.9 Å².